The summed E-state index contributed by atoms with van der Waals surface area (Å²) in [6.07, 6.45) is 1.27. The summed E-state index contributed by atoms with van der Waals surface area (Å²) in [7, 11) is 0. The van der Waals surface area contributed by atoms with Crippen molar-refractivity contribution in [2.24, 2.45) is 0 Å². The third-order valence-corrected chi connectivity index (χ3v) is 3.53. The molecule has 1 aromatic rings. The molecule has 1 fully saturated rings. The van der Waals surface area contributed by atoms with Crippen LogP contribution in [0.15, 0.2) is 24.3 Å². The molecule has 1 aromatic carbocycles. The van der Waals surface area contributed by atoms with E-state index in [1.54, 1.807) is 6.92 Å². The SMILES string of the molecule is CC(O)c1ccccc1NC(=O)C1(C)CCCN1. The number of carbonyl (C=O) groups is 1. The van der Waals surface area contributed by atoms with Gasteiger partial charge in [0, 0.05) is 11.3 Å². The van der Waals surface area contributed by atoms with E-state index in [2.05, 4.69) is 10.6 Å². The number of amides is 1. The van der Waals surface area contributed by atoms with Crippen LogP contribution in [-0.4, -0.2) is 23.1 Å². The first-order chi connectivity index (χ1) is 8.53. The molecule has 98 valence electrons. The second kappa shape index (κ2) is 5.08. The van der Waals surface area contributed by atoms with Crippen LogP contribution in [0.1, 0.15) is 38.4 Å². The third-order valence-electron chi connectivity index (χ3n) is 3.53. The van der Waals surface area contributed by atoms with Crippen LogP contribution in [0.2, 0.25) is 0 Å². The fraction of sp³-hybridized carbons (Fsp3) is 0.500. The molecular formula is C14H20N2O2. The normalized spacial score (nSPS) is 24.8. The highest BCUT2D eigenvalue weighted by molar-refractivity contribution is 5.98. The predicted octanol–water partition coefficient (Wildman–Crippen LogP) is 1.82. The maximum Gasteiger partial charge on any atom is 0.244 e. The van der Waals surface area contributed by atoms with Crippen LogP contribution in [0, 0.1) is 0 Å². The number of benzene rings is 1. The minimum Gasteiger partial charge on any atom is -0.389 e. The van der Waals surface area contributed by atoms with Gasteiger partial charge in [-0.25, -0.2) is 0 Å². The van der Waals surface area contributed by atoms with Crippen molar-refractivity contribution in [2.45, 2.75) is 38.3 Å². The molecule has 0 aromatic heterocycles. The summed E-state index contributed by atoms with van der Waals surface area (Å²) < 4.78 is 0. The average Bonchev–Trinajstić information content (AvgIpc) is 2.78. The van der Waals surface area contributed by atoms with Crippen molar-refractivity contribution in [3.8, 4) is 0 Å². The second-order valence-electron chi connectivity index (χ2n) is 5.08. The zero-order valence-corrected chi connectivity index (χ0v) is 10.9. The number of rotatable bonds is 3. The largest absolute Gasteiger partial charge is 0.389 e. The fourth-order valence-electron chi connectivity index (χ4n) is 2.32. The van der Waals surface area contributed by atoms with Gasteiger partial charge in [-0.1, -0.05) is 18.2 Å². The van der Waals surface area contributed by atoms with Crippen LogP contribution in [0.3, 0.4) is 0 Å². The maximum atomic E-state index is 12.3. The first-order valence-corrected chi connectivity index (χ1v) is 6.36. The summed E-state index contributed by atoms with van der Waals surface area (Å²) in [6, 6.07) is 7.35. The van der Waals surface area contributed by atoms with E-state index in [0.29, 0.717) is 5.69 Å². The number of aliphatic hydroxyl groups is 1. The molecule has 1 aliphatic heterocycles. The van der Waals surface area contributed by atoms with Gasteiger partial charge in [0.1, 0.15) is 0 Å². The smallest absolute Gasteiger partial charge is 0.244 e. The Morgan fingerprint density at radius 3 is 2.83 bits per heavy atom. The van der Waals surface area contributed by atoms with Crippen LogP contribution in [0.5, 0.6) is 0 Å². The Morgan fingerprint density at radius 2 is 2.22 bits per heavy atom. The summed E-state index contributed by atoms with van der Waals surface area (Å²) in [6.45, 7) is 4.49. The van der Waals surface area contributed by atoms with Crippen molar-refractivity contribution in [1.82, 2.24) is 5.32 Å². The lowest BCUT2D eigenvalue weighted by Gasteiger charge is -2.24. The Bertz CT molecular complexity index is 437. The molecular weight excluding hydrogens is 228 g/mol. The molecule has 3 N–H and O–H groups in total. The van der Waals surface area contributed by atoms with E-state index in [0.717, 1.165) is 24.9 Å². The number of hydrogen-bond acceptors (Lipinski definition) is 3. The Balaban J connectivity index is 2.16. The number of nitrogens with one attached hydrogen (secondary N) is 2. The summed E-state index contributed by atoms with van der Waals surface area (Å²) in [4.78, 5) is 12.3. The van der Waals surface area contributed by atoms with Crippen LogP contribution >= 0.6 is 0 Å². The van der Waals surface area contributed by atoms with E-state index in [1.165, 1.54) is 0 Å². The molecule has 0 saturated carbocycles. The van der Waals surface area contributed by atoms with Gasteiger partial charge in [0.05, 0.1) is 11.6 Å². The molecule has 2 atom stereocenters. The van der Waals surface area contributed by atoms with Gasteiger partial charge in [-0.3, -0.25) is 4.79 Å². The van der Waals surface area contributed by atoms with E-state index in [-0.39, 0.29) is 5.91 Å². The van der Waals surface area contributed by atoms with E-state index in [9.17, 15) is 9.90 Å². The average molecular weight is 248 g/mol. The van der Waals surface area contributed by atoms with Crippen molar-refractivity contribution in [2.75, 3.05) is 11.9 Å². The van der Waals surface area contributed by atoms with Gasteiger partial charge in [0.15, 0.2) is 0 Å². The van der Waals surface area contributed by atoms with Gasteiger partial charge in [0.2, 0.25) is 5.91 Å². The molecule has 0 bridgehead atoms. The molecule has 1 heterocycles. The van der Waals surface area contributed by atoms with E-state index >= 15 is 0 Å². The Kier molecular flexibility index (Phi) is 3.68. The molecule has 18 heavy (non-hydrogen) atoms. The van der Waals surface area contributed by atoms with Crippen LogP contribution in [-0.2, 0) is 4.79 Å². The first kappa shape index (κ1) is 13.1. The summed E-state index contributed by atoms with van der Waals surface area (Å²) in [5.41, 5.74) is 0.936. The lowest BCUT2D eigenvalue weighted by molar-refractivity contribution is -0.121. The zero-order valence-electron chi connectivity index (χ0n) is 10.9. The molecule has 2 unspecified atom stereocenters. The topological polar surface area (TPSA) is 61.4 Å². The molecule has 1 aliphatic rings. The van der Waals surface area contributed by atoms with Crippen molar-refractivity contribution >= 4 is 11.6 Å². The number of hydrogen-bond donors (Lipinski definition) is 3. The lowest BCUT2D eigenvalue weighted by atomic mass is 9.98. The van der Waals surface area contributed by atoms with Crippen LogP contribution in [0.25, 0.3) is 0 Å². The highest BCUT2D eigenvalue weighted by Gasteiger charge is 2.36. The number of aliphatic hydroxyl groups excluding tert-OH is 1. The van der Waals surface area contributed by atoms with Gasteiger partial charge < -0.3 is 15.7 Å². The highest BCUT2D eigenvalue weighted by atomic mass is 16.3. The van der Waals surface area contributed by atoms with Crippen molar-refractivity contribution in [1.29, 1.82) is 0 Å². The number of carbonyl (C=O) groups excluding carboxylic acids is 1. The fourth-order valence-corrected chi connectivity index (χ4v) is 2.32. The minimum atomic E-state index is -0.592. The van der Waals surface area contributed by atoms with Crippen LogP contribution < -0.4 is 10.6 Å². The van der Waals surface area contributed by atoms with Gasteiger partial charge in [-0.2, -0.15) is 0 Å². The molecule has 0 spiro atoms. The first-order valence-electron chi connectivity index (χ1n) is 6.36. The molecule has 0 radical (unpaired) electrons. The Morgan fingerprint density at radius 1 is 1.50 bits per heavy atom. The molecule has 1 saturated heterocycles. The standard InChI is InChI=1S/C14H20N2O2/c1-10(17)11-6-3-4-7-12(11)16-13(18)14(2)8-5-9-15-14/h3-4,6-7,10,15,17H,5,8-9H2,1-2H3,(H,16,18). The van der Waals surface area contributed by atoms with Gasteiger partial charge in [-0.15, -0.1) is 0 Å². The third kappa shape index (κ3) is 2.54. The lowest BCUT2D eigenvalue weighted by Crippen LogP contribution is -2.48. The van der Waals surface area contributed by atoms with Crippen molar-refractivity contribution in [3.05, 3.63) is 29.8 Å². The predicted molar refractivity (Wildman–Crippen MR) is 71.3 cm³/mol. The quantitative estimate of drug-likeness (QED) is 0.764. The van der Waals surface area contributed by atoms with Gasteiger partial charge >= 0.3 is 0 Å². The van der Waals surface area contributed by atoms with Gasteiger partial charge in [-0.05, 0) is 39.3 Å². The molecule has 4 nitrogen and oxygen atoms in total. The molecule has 2 rings (SSSR count). The maximum absolute atomic E-state index is 12.3. The zero-order chi connectivity index (χ0) is 13.2. The summed E-state index contributed by atoms with van der Waals surface area (Å²) >= 11 is 0. The van der Waals surface area contributed by atoms with E-state index in [1.807, 2.05) is 31.2 Å². The molecule has 0 aliphatic carbocycles. The molecule has 1 amide bonds. The van der Waals surface area contributed by atoms with Crippen molar-refractivity contribution < 1.29 is 9.90 Å². The summed E-state index contributed by atoms with van der Waals surface area (Å²) in [5.74, 6) is -0.0342. The highest BCUT2D eigenvalue weighted by Crippen LogP contribution is 2.25. The number of anilines is 1. The van der Waals surface area contributed by atoms with E-state index < -0.39 is 11.6 Å². The van der Waals surface area contributed by atoms with Crippen molar-refractivity contribution in [3.63, 3.8) is 0 Å². The summed E-state index contributed by atoms with van der Waals surface area (Å²) in [5, 5.41) is 15.8. The van der Waals surface area contributed by atoms with Gasteiger partial charge in [0.25, 0.3) is 0 Å². The monoisotopic (exact) mass is 248 g/mol. The van der Waals surface area contributed by atoms with E-state index in [4.69, 9.17) is 0 Å². The second-order valence-corrected chi connectivity index (χ2v) is 5.08. The number of para-hydroxylation sites is 1. The molecule has 4 heteroatoms. The Hall–Kier alpha value is -1.39. The minimum absolute atomic E-state index is 0.0342. The Labute approximate surface area is 107 Å². The van der Waals surface area contributed by atoms with Crippen LogP contribution in [0.4, 0.5) is 5.69 Å².